The summed E-state index contributed by atoms with van der Waals surface area (Å²) in [7, 11) is 0. The van der Waals surface area contributed by atoms with Crippen molar-refractivity contribution in [1.29, 1.82) is 0 Å². The number of ketones is 1. The van der Waals surface area contributed by atoms with Crippen LogP contribution in [0, 0.1) is 20.8 Å². The van der Waals surface area contributed by atoms with Crippen LogP contribution in [0.3, 0.4) is 0 Å². The van der Waals surface area contributed by atoms with Gasteiger partial charge in [0.25, 0.3) is 5.78 Å². The van der Waals surface area contributed by atoms with Crippen LogP contribution in [0.4, 0.5) is 0 Å². The fourth-order valence-corrected chi connectivity index (χ4v) is 1.97. The van der Waals surface area contributed by atoms with E-state index in [1.165, 1.54) is 0 Å². The zero-order valence-electron chi connectivity index (χ0n) is 10.8. The van der Waals surface area contributed by atoms with Gasteiger partial charge >= 0.3 is 5.97 Å². The van der Waals surface area contributed by atoms with E-state index >= 15 is 0 Å². The third-order valence-corrected chi connectivity index (χ3v) is 3.36. The first-order valence-electron chi connectivity index (χ1n) is 5.52. The number of carbonyl (C=O) groups is 2. The maximum Gasteiger partial charge on any atom is 0.379 e. The van der Waals surface area contributed by atoms with Crippen molar-refractivity contribution in [1.82, 2.24) is 0 Å². The van der Waals surface area contributed by atoms with Crippen molar-refractivity contribution in [2.75, 3.05) is 6.61 Å². The molecule has 5 heteroatoms. The molecule has 18 heavy (non-hydrogen) atoms. The van der Waals surface area contributed by atoms with Crippen molar-refractivity contribution in [3.8, 4) is 5.75 Å². The van der Waals surface area contributed by atoms with Crippen LogP contribution in [0.1, 0.15) is 34.0 Å². The molecule has 1 aromatic rings. The lowest BCUT2D eigenvalue weighted by molar-refractivity contribution is -0.137. The number of ether oxygens (including phenoxy) is 1. The Morgan fingerprint density at radius 1 is 1.17 bits per heavy atom. The molecule has 0 aliphatic heterocycles. The Kier molecular flexibility index (Phi) is 4.35. The smallest absolute Gasteiger partial charge is 0.379 e. The molecule has 1 N–H and O–H groups in total. The van der Waals surface area contributed by atoms with Gasteiger partial charge in [-0.1, -0.05) is 11.6 Å². The van der Waals surface area contributed by atoms with E-state index in [1.807, 2.05) is 0 Å². The van der Waals surface area contributed by atoms with Crippen LogP contribution in [0.2, 0.25) is 5.02 Å². The van der Waals surface area contributed by atoms with Gasteiger partial charge in [-0.15, -0.1) is 0 Å². The van der Waals surface area contributed by atoms with E-state index in [1.54, 1.807) is 27.7 Å². The zero-order valence-corrected chi connectivity index (χ0v) is 11.5. The number of phenols is 1. The van der Waals surface area contributed by atoms with E-state index in [0.717, 1.165) is 0 Å². The highest BCUT2D eigenvalue weighted by molar-refractivity contribution is 6.42. The highest BCUT2D eigenvalue weighted by Crippen LogP contribution is 2.36. The first-order chi connectivity index (χ1) is 8.32. The Balaban J connectivity index is 3.42. The summed E-state index contributed by atoms with van der Waals surface area (Å²) in [5.74, 6) is -1.71. The molecule has 0 heterocycles. The molecule has 0 atom stereocenters. The predicted octanol–water partition coefficient (Wildman–Crippen LogP) is 2.72. The molecule has 0 radical (unpaired) electrons. The van der Waals surface area contributed by atoms with Crippen LogP contribution >= 0.6 is 11.6 Å². The molecule has 0 fully saturated rings. The third kappa shape index (κ3) is 2.34. The van der Waals surface area contributed by atoms with Crippen LogP contribution in [-0.4, -0.2) is 23.5 Å². The van der Waals surface area contributed by atoms with E-state index in [0.29, 0.717) is 16.7 Å². The molecule has 0 spiro atoms. The van der Waals surface area contributed by atoms with Crippen molar-refractivity contribution in [3.05, 3.63) is 27.3 Å². The standard InChI is InChI=1S/C13H15ClO4/c1-5-18-13(17)12(16)9-6(2)7(3)11(15)10(14)8(9)4/h15H,5H2,1-4H3. The zero-order chi connectivity index (χ0) is 14.0. The number of esters is 1. The van der Waals surface area contributed by atoms with Crippen molar-refractivity contribution in [3.63, 3.8) is 0 Å². The molecule has 0 saturated heterocycles. The molecule has 1 aromatic carbocycles. The van der Waals surface area contributed by atoms with Gasteiger partial charge in [-0.2, -0.15) is 0 Å². The molecular weight excluding hydrogens is 256 g/mol. The van der Waals surface area contributed by atoms with Crippen molar-refractivity contribution < 1.29 is 19.4 Å². The van der Waals surface area contributed by atoms with Crippen molar-refractivity contribution >= 4 is 23.4 Å². The van der Waals surface area contributed by atoms with E-state index in [2.05, 4.69) is 4.74 Å². The molecule has 1 rings (SSSR count). The number of rotatable bonds is 3. The van der Waals surface area contributed by atoms with Gasteiger partial charge in [0.1, 0.15) is 5.75 Å². The number of hydrogen-bond acceptors (Lipinski definition) is 4. The molecule has 0 amide bonds. The Bertz CT molecular complexity index is 491. The van der Waals surface area contributed by atoms with E-state index in [4.69, 9.17) is 11.6 Å². The lowest BCUT2D eigenvalue weighted by atomic mass is 9.94. The summed E-state index contributed by atoms with van der Waals surface area (Å²) in [4.78, 5) is 23.5. The van der Waals surface area contributed by atoms with Gasteiger partial charge in [-0.05, 0) is 44.4 Å². The molecule has 4 nitrogen and oxygen atoms in total. The average molecular weight is 271 g/mol. The summed E-state index contributed by atoms with van der Waals surface area (Å²) in [6, 6.07) is 0. The largest absolute Gasteiger partial charge is 0.506 e. The lowest BCUT2D eigenvalue weighted by Crippen LogP contribution is -2.20. The number of aromatic hydroxyl groups is 1. The van der Waals surface area contributed by atoms with Gasteiger partial charge in [-0.25, -0.2) is 4.79 Å². The summed E-state index contributed by atoms with van der Waals surface area (Å²) in [5.41, 5.74) is 1.61. The van der Waals surface area contributed by atoms with E-state index in [-0.39, 0.29) is 22.9 Å². The second kappa shape index (κ2) is 5.40. The van der Waals surface area contributed by atoms with Gasteiger partial charge in [0, 0.05) is 5.56 Å². The molecule has 0 aromatic heterocycles. The van der Waals surface area contributed by atoms with Crippen LogP contribution in [0.15, 0.2) is 0 Å². The topological polar surface area (TPSA) is 63.6 Å². The van der Waals surface area contributed by atoms with E-state index in [9.17, 15) is 14.7 Å². The minimum absolute atomic E-state index is 0.0629. The summed E-state index contributed by atoms with van der Waals surface area (Å²) in [5, 5.41) is 9.85. The first-order valence-corrected chi connectivity index (χ1v) is 5.90. The van der Waals surface area contributed by atoms with Gasteiger partial charge in [0.15, 0.2) is 0 Å². The molecule has 0 unspecified atom stereocenters. The number of hydrogen-bond donors (Lipinski definition) is 1. The number of Topliss-reactive ketones (excluding diaryl/α,β-unsaturated/α-hetero) is 1. The summed E-state index contributed by atoms with van der Waals surface area (Å²) >= 11 is 5.93. The second-order valence-electron chi connectivity index (χ2n) is 3.96. The van der Waals surface area contributed by atoms with Crippen LogP contribution in [0.25, 0.3) is 0 Å². The van der Waals surface area contributed by atoms with Crippen molar-refractivity contribution in [2.24, 2.45) is 0 Å². The third-order valence-electron chi connectivity index (χ3n) is 2.89. The molecular formula is C13H15ClO4. The van der Waals surface area contributed by atoms with Crippen LogP contribution in [-0.2, 0) is 9.53 Å². The fourth-order valence-electron chi connectivity index (χ4n) is 1.74. The van der Waals surface area contributed by atoms with Gasteiger partial charge in [0.2, 0.25) is 0 Å². The first kappa shape index (κ1) is 14.5. The predicted molar refractivity (Wildman–Crippen MR) is 68.3 cm³/mol. The highest BCUT2D eigenvalue weighted by Gasteiger charge is 2.25. The Morgan fingerprint density at radius 3 is 2.22 bits per heavy atom. The minimum atomic E-state index is -0.912. The van der Waals surface area contributed by atoms with Crippen molar-refractivity contribution in [2.45, 2.75) is 27.7 Å². The molecule has 0 aliphatic rings. The number of phenolic OH excluding ortho intramolecular Hbond substituents is 1. The number of halogens is 1. The molecule has 98 valence electrons. The monoisotopic (exact) mass is 270 g/mol. The molecule has 0 saturated carbocycles. The molecule has 0 aliphatic carbocycles. The maximum atomic E-state index is 12.0. The maximum absolute atomic E-state index is 12.0. The Labute approximate surface area is 111 Å². The summed E-state index contributed by atoms with van der Waals surface area (Å²) in [6.45, 7) is 6.64. The quantitative estimate of drug-likeness (QED) is 0.521. The Hall–Kier alpha value is -1.55. The fraction of sp³-hybridized carbons (Fsp3) is 0.385. The number of benzene rings is 1. The summed E-state index contributed by atoms with van der Waals surface area (Å²) < 4.78 is 4.68. The SMILES string of the molecule is CCOC(=O)C(=O)c1c(C)c(C)c(O)c(Cl)c1C. The number of carbonyl (C=O) groups excluding carboxylic acids is 2. The van der Waals surface area contributed by atoms with Gasteiger partial charge < -0.3 is 9.84 Å². The minimum Gasteiger partial charge on any atom is -0.506 e. The van der Waals surface area contributed by atoms with Gasteiger partial charge in [-0.3, -0.25) is 4.79 Å². The van der Waals surface area contributed by atoms with Crippen LogP contribution < -0.4 is 0 Å². The normalized spacial score (nSPS) is 10.3. The highest BCUT2D eigenvalue weighted by atomic mass is 35.5. The van der Waals surface area contributed by atoms with E-state index < -0.39 is 11.8 Å². The summed E-state index contributed by atoms with van der Waals surface area (Å²) in [6.07, 6.45) is 0. The lowest BCUT2D eigenvalue weighted by Gasteiger charge is -2.14. The molecule has 0 bridgehead atoms. The second-order valence-corrected chi connectivity index (χ2v) is 4.34. The van der Waals surface area contributed by atoms with Gasteiger partial charge in [0.05, 0.1) is 11.6 Å². The van der Waals surface area contributed by atoms with Crippen LogP contribution in [0.5, 0.6) is 5.75 Å². The average Bonchev–Trinajstić information content (AvgIpc) is 2.34. The Morgan fingerprint density at radius 2 is 1.72 bits per heavy atom.